The molecule has 80 valence electrons. The standard InChI is InChI=1S/C4N2O9/c7-1(5(11)12)3(9)15-4(10)2(8)6(13)14. The lowest BCUT2D eigenvalue weighted by atomic mass is 10.6. The second-order valence-electron chi connectivity index (χ2n) is 1.80. The van der Waals surface area contributed by atoms with Crippen LogP contribution in [0.25, 0.3) is 0 Å². The van der Waals surface area contributed by atoms with Gasteiger partial charge in [0, 0.05) is 0 Å². The Balaban J connectivity index is 4.51. The number of nitrogens with zero attached hydrogens (tertiary/aromatic N) is 2. The molecule has 0 spiro atoms. The van der Waals surface area contributed by atoms with E-state index in [0.29, 0.717) is 0 Å². The summed E-state index contributed by atoms with van der Waals surface area (Å²) in [5, 5.41) is 19.3. The molecular formula is C4N2O9. The smallest absolute Gasteiger partial charge is 0.371 e. The number of carbonyl (C=O) groups excluding carboxylic acids is 4. The summed E-state index contributed by atoms with van der Waals surface area (Å²) >= 11 is 0. The van der Waals surface area contributed by atoms with Crippen LogP contribution < -0.4 is 0 Å². The molecule has 0 bridgehead atoms. The summed E-state index contributed by atoms with van der Waals surface area (Å²) in [5.74, 6) is -9.20. The maximum Gasteiger partial charge on any atom is 0.555 e. The van der Waals surface area contributed by atoms with E-state index in [9.17, 15) is 39.4 Å². The van der Waals surface area contributed by atoms with Crippen LogP contribution in [0.2, 0.25) is 0 Å². The van der Waals surface area contributed by atoms with Gasteiger partial charge in [0.25, 0.3) is 0 Å². The van der Waals surface area contributed by atoms with Crippen molar-refractivity contribution in [2.45, 2.75) is 0 Å². The highest BCUT2D eigenvalue weighted by atomic mass is 16.7. The summed E-state index contributed by atoms with van der Waals surface area (Å²) in [7, 11) is 0. The minimum atomic E-state index is -2.32. The Hall–Kier alpha value is -2.72. The van der Waals surface area contributed by atoms with Crippen LogP contribution >= 0.6 is 0 Å². The van der Waals surface area contributed by atoms with Crippen molar-refractivity contribution in [2.24, 2.45) is 0 Å². The number of nitro groups is 2. The second kappa shape index (κ2) is 4.50. The lowest BCUT2D eigenvalue weighted by Gasteiger charge is -1.91. The summed E-state index contributed by atoms with van der Waals surface area (Å²) in [6.07, 6.45) is 0. The second-order valence-corrected chi connectivity index (χ2v) is 1.80. The zero-order valence-corrected chi connectivity index (χ0v) is 6.57. The van der Waals surface area contributed by atoms with E-state index in [1.807, 2.05) is 0 Å². The van der Waals surface area contributed by atoms with Gasteiger partial charge in [-0.1, -0.05) is 0 Å². The summed E-state index contributed by atoms with van der Waals surface area (Å²) in [5.41, 5.74) is 0. The summed E-state index contributed by atoms with van der Waals surface area (Å²) in [6.45, 7) is 0. The van der Waals surface area contributed by atoms with Gasteiger partial charge in [-0.25, -0.2) is 19.2 Å². The molecule has 0 saturated heterocycles. The Kier molecular flexibility index (Phi) is 3.68. The van der Waals surface area contributed by atoms with E-state index in [-0.39, 0.29) is 0 Å². The first-order valence-corrected chi connectivity index (χ1v) is 2.90. The average Bonchev–Trinajstić information content (AvgIpc) is 2.14. The Morgan fingerprint density at radius 2 is 1.07 bits per heavy atom. The van der Waals surface area contributed by atoms with Gasteiger partial charge in [-0.3, -0.25) is 20.2 Å². The van der Waals surface area contributed by atoms with Crippen molar-refractivity contribution in [1.82, 2.24) is 0 Å². The molecular weight excluding hydrogens is 220 g/mol. The zero-order valence-electron chi connectivity index (χ0n) is 6.57. The quantitative estimate of drug-likeness (QED) is 0.143. The first-order valence-electron chi connectivity index (χ1n) is 2.90. The summed E-state index contributed by atoms with van der Waals surface area (Å²) in [6, 6.07) is 0. The topological polar surface area (TPSA) is 164 Å². The van der Waals surface area contributed by atoms with Crippen molar-refractivity contribution in [3.63, 3.8) is 0 Å². The monoisotopic (exact) mass is 220 g/mol. The maximum absolute atomic E-state index is 10.3. The maximum atomic E-state index is 10.3. The molecule has 11 heteroatoms. The molecule has 0 aromatic rings. The van der Waals surface area contributed by atoms with Crippen LogP contribution in [0.3, 0.4) is 0 Å². The molecule has 0 aromatic carbocycles. The Bertz CT molecular complexity index is 346. The van der Waals surface area contributed by atoms with Crippen LogP contribution in [0.5, 0.6) is 0 Å². The van der Waals surface area contributed by atoms with Crippen molar-refractivity contribution >= 4 is 23.8 Å². The van der Waals surface area contributed by atoms with Gasteiger partial charge < -0.3 is 4.74 Å². The third-order valence-electron chi connectivity index (χ3n) is 0.866. The van der Waals surface area contributed by atoms with Gasteiger partial charge in [-0.15, -0.1) is 0 Å². The van der Waals surface area contributed by atoms with Gasteiger partial charge in [0.05, 0.1) is 0 Å². The molecule has 11 nitrogen and oxygen atoms in total. The van der Waals surface area contributed by atoms with Crippen LogP contribution in [-0.4, -0.2) is 33.6 Å². The minimum absolute atomic E-state index is 1.72. The highest BCUT2D eigenvalue weighted by Gasteiger charge is 2.37. The molecule has 0 N–H and O–H groups in total. The van der Waals surface area contributed by atoms with Crippen LogP contribution in [0, 0.1) is 20.2 Å². The lowest BCUT2D eigenvalue weighted by molar-refractivity contribution is -0.400. The lowest BCUT2D eigenvalue weighted by Crippen LogP contribution is -2.32. The molecule has 0 rings (SSSR count). The van der Waals surface area contributed by atoms with E-state index in [1.54, 1.807) is 0 Å². The van der Waals surface area contributed by atoms with E-state index in [2.05, 4.69) is 4.74 Å². The average molecular weight is 220 g/mol. The van der Waals surface area contributed by atoms with Crippen molar-refractivity contribution in [2.75, 3.05) is 0 Å². The van der Waals surface area contributed by atoms with Gasteiger partial charge in [-0.05, 0) is 0 Å². The highest BCUT2D eigenvalue weighted by molar-refractivity contribution is 6.37. The predicted octanol–water partition coefficient (Wildman–Crippen LogP) is -2.34. The largest absolute Gasteiger partial charge is 0.555 e. The van der Waals surface area contributed by atoms with Crippen molar-refractivity contribution in [3.8, 4) is 0 Å². The number of hydrogen-bond donors (Lipinski definition) is 0. The number of ether oxygens (including phenoxy) is 1. The van der Waals surface area contributed by atoms with E-state index >= 15 is 0 Å². The highest BCUT2D eigenvalue weighted by Crippen LogP contribution is 1.87. The number of esters is 2. The molecule has 0 aliphatic rings. The Labute approximate surface area is 78.9 Å². The van der Waals surface area contributed by atoms with Gasteiger partial charge in [0.1, 0.15) is 9.85 Å². The van der Waals surface area contributed by atoms with Gasteiger partial charge in [0.15, 0.2) is 0 Å². The molecule has 0 atom stereocenters. The minimum Gasteiger partial charge on any atom is -0.371 e. The van der Waals surface area contributed by atoms with E-state index in [0.717, 1.165) is 0 Å². The number of rotatable bonds is 0. The molecule has 0 aliphatic heterocycles. The molecule has 0 aliphatic carbocycles. The molecule has 0 unspecified atom stereocenters. The van der Waals surface area contributed by atoms with Gasteiger partial charge in [-0.2, -0.15) is 0 Å². The SMILES string of the molecule is O=C(OC(=O)C(=O)[N+](=O)[O-])C(=O)[N+](=O)[O-]. The molecule has 0 aromatic heterocycles. The molecule has 0 saturated carbocycles. The van der Waals surface area contributed by atoms with E-state index in [1.165, 1.54) is 0 Å². The van der Waals surface area contributed by atoms with Gasteiger partial charge in [0.2, 0.25) is 0 Å². The molecule has 0 heterocycles. The van der Waals surface area contributed by atoms with E-state index < -0.39 is 33.6 Å². The molecule has 2 amide bonds. The van der Waals surface area contributed by atoms with Crippen LogP contribution in [-0.2, 0) is 23.9 Å². The van der Waals surface area contributed by atoms with Crippen molar-refractivity contribution < 1.29 is 33.8 Å². The first kappa shape index (κ1) is 12.3. The number of hydrogen-bond acceptors (Lipinski definition) is 9. The summed E-state index contributed by atoms with van der Waals surface area (Å²) < 4.78 is 3.24. The third-order valence-corrected chi connectivity index (χ3v) is 0.866. The Morgan fingerprint density at radius 1 is 0.800 bits per heavy atom. The third kappa shape index (κ3) is 3.25. The normalized spacial score (nSPS) is 8.80. The fraction of sp³-hybridized carbons (Fsp3) is 0. The predicted molar refractivity (Wildman–Crippen MR) is 35.1 cm³/mol. The molecule has 15 heavy (non-hydrogen) atoms. The number of carbonyl (C=O) groups is 4. The fourth-order valence-corrected chi connectivity index (χ4v) is 0.321. The first-order chi connectivity index (χ1) is 6.77. The summed E-state index contributed by atoms with van der Waals surface area (Å²) in [4.78, 5) is 56.8. The van der Waals surface area contributed by atoms with Crippen LogP contribution in [0.4, 0.5) is 0 Å². The van der Waals surface area contributed by atoms with E-state index in [4.69, 9.17) is 0 Å². The van der Waals surface area contributed by atoms with Crippen LogP contribution in [0.1, 0.15) is 0 Å². The van der Waals surface area contributed by atoms with Crippen molar-refractivity contribution in [3.05, 3.63) is 20.2 Å². The molecule has 0 fully saturated rings. The van der Waals surface area contributed by atoms with Crippen LogP contribution in [0.15, 0.2) is 0 Å². The Morgan fingerprint density at radius 3 is 1.27 bits per heavy atom. The number of amides is 2. The fourth-order valence-electron chi connectivity index (χ4n) is 0.321. The van der Waals surface area contributed by atoms with Gasteiger partial charge >= 0.3 is 23.8 Å². The zero-order chi connectivity index (χ0) is 12.2. The molecule has 0 radical (unpaired) electrons. The van der Waals surface area contributed by atoms with Crippen molar-refractivity contribution in [1.29, 1.82) is 0 Å².